The Morgan fingerprint density at radius 2 is 1.47 bits per heavy atom. The van der Waals surface area contributed by atoms with E-state index in [2.05, 4.69) is 0 Å². The molecule has 17 heavy (non-hydrogen) atoms. The van der Waals surface area contributed by atoms with Gasteiger partial charge >= 0.3 is 5.97 Å². The molecule has 94 valence electrons. The van der Waals surface area contributed by atoms with Crippen LogP contribution in [0.15, 0.2) is 35.5 Å². The predicted molar refractivity (Wildman–Crippen MR) is 68.8 cm³/mol. The van der Waals surface area contributed by atoms with Gasteiger partial charge in [0.25, 0.3) is 0 Å². The quantitative estimate of drug-likeness (QED) is 0.545. The summed E-state index contributed by atoms with van der Waals surface area (Å²) in [5.74, 6) is -1.10. The van der Waals surface area contributed by atoms with E-state index in [0.29, 0.717) is 24.8 Å². The highest BCUT2D eigenvalue weighted by Gasteiger charge is 2.17. The lowest BCUT2D eigenvalue weighted by molar-refractivity contribution is -0.133. The van der Waals surface area contributed by atoms with Crippen LogP contribution in [0.25, 0.3) is 0 Å². The van der Waals surface area contributed by atoms with Gasteiger partial charge in [0.1, 0.15) is 0 Å². The van der Waals surface area contributed by atoms with Crippen molar-refractivity contribution < 1.29 is 14.7 Å². The third-order valence-electron chi connectivity index (χ3n) is 2.40. The van der Waals surface area contributed by atoms with Gasteiger partial charge in [-0.2, -0.15) is 0 Å². The maximum Gasteiger partial charge on any atom is 0.332 e. The van der Waals surface area contributed by atoms with Crippen molar-refractivity contribution in [2.75, 3.05) is 0 Å². The Morgan fingerprint density at radius 3 is 1.82 bits per heavy atom. The van der Waals surface area contributed by atoms with E-state index in [9.17, 15) is 9.59 Å². The summed E-state index contributed by atoms with van der Waals surface area (Å²) in [6.45, 7) is 5.42. The smallest absolute Gasteiger partial charge is 0.332 e. The number of carbonyl (C=O) groups excluding carboxylic acids is 1. The molecule has 0 aromatic heterocycles. The molecule has 3 heteroatoms. The molecule has 1 N–H and O–H groups in total. The van der Waals surface area contributed by atoms with E-state index in [0.717, 1.165) is 0 Å². The summed E-state index contributed by atoms with van der Waals surface area (Å²) in [6, 6.07) is 0. The molecule has 0 fully saturated rings. The van der Waals surface area contributed by atoms with Crippen LogP contribution >= 0.6 is 0 Å². The molecule has 0 saturated heterocycles. The molecule has 0 atom stereocenters. The van der Waals surface area contributed by atoms with Crippen LogP contribution in [0.5, 0.6) is 0 Å². The maximum absolute atomic E-state index is 11.7. The Labute approximate surface area is 103 Å². The second-order valence-electron chi connectivity index (χ2n) is 3.59. The first kappa shape index (κ1) is 15.4. The van der Waals surface area contributed by atoms with Gasteiger partial charge in [-0.05, 0) is 26.7 Å². The molecule has 0 aliphatic rings. The Morgan fingerprint density at radius 1 is 1.00 bits per heavy atom. The lowest BCUT2D eigenvalue weighted by Crippen LogP contribution is -2.10. The normalized spacial score (nSPS) is 13.1. The number of hydrogen-bond acceptors (Lipinski definition) is 2. The minimum Gasteiger partial charge on any atom is -0.478 e. The van der Waals surface area contributed by atoms with E-state index >= 15 is 0 Å². The van der Waals surface area contributed by atoms with Crippen molar-refractivity contribution >= 4 is 11.8 Å². The molecular weight excluding hydrogens is 216 g/mol. The second kappa shape index (κ2) is 8.50. The third-order valence-corrected chi connectivity index (χ3v) is 2.40. The first-order valence-electron chi connectivity index (χ1n) is 5.79. The van der Waals surface area contributed by atoms with Crippen molar-refractivity contribution in [1.29, 1.82) is 0 Å². The van der Waals surface area contributed by atoms with Crippen LogP contribution in [0.3, 0.4) is 0 Å². The second-order valence-corrected chi connectivity index (χ2v) is 3.59. The zero-order valence-electron chi connectivity index (χ0n) is 10.7. The molecule has 0 saturated carbocycles. The molecule has 0 amide bonds. The molecule has 0 aromatic rings. The van der Waals surface area contributed by atoms with Crippen LogP contribution in [0.1, 0.15) is 40.0 Å². The summed E-state index contributed by atoms with van der Waals surface area (Å²) < 4.78 is 0. The average molecular weight is 236 g/mol. The standard InChI is InChI=1S/C14H20O3/c1-4-7-9-11(13(15)6-3)12(14(16)17)10-8-5-2/h4-5,7-8H,6,9-10H2,1-3H3,(H,16,17)/b7-4+,8-5+,12-11-. The van der Waals surface area contributed by atoms with E-state index < -0.39 is 5.97 Å². The fraction of sp³-hybridized carbons (Fsp3) is 0.429. The number of carboxylic acids is 1. The van der Waals surface area contributed by atoms with Crippen LogP contribution in [0.4, 0.5) is 0 Å². The van der Waals surface area contributed by atoms with Crippen LogP contribution < -0.4 is 0 Å². The fourth-order valence-electron chi connectivity index (χ4n) is 1.43. The SMILES string of the molecule is C/C=C/C/C(C(=O)O)=C(\C/C=C/C)C(=O)CC. The number of carboxylic acid groups (broad SMARTS) is 1. The van der Waals surface area contributed by atoms with Crippen LogP contribution in [0, 0.1) is 0 Å². The first-order chi connectivity index (χ1) is 8.08. The lowest BCUT2D eigenvalue weighted by Gasteiger charge is -2.07. The molecule has 0 heterocycles. The van der Waals surface area contributed by atoms with Crippen molar-refractivity contribution in [2.24, 2.45) is 0 Å². The third kappa shape index (κ3) is 5.29. The summed E-state index contributed by atoms with van der Waals surface area (Å²) in [5, 5.41) is 9.15. The van der Waals surface area contributed by atoms with Crippen molar-refractivity contribution in [3.05, 3.63) is 35.5 Å². The number of aliphatic carboxylic acids is 1. The van der Waals surface area contributed by atoms with Crippen molar-refractivity contribution in [1.82, 2.24) is 0 Å². The highest BCUT2D eigenvalue weighted by molar-refractivity contribution is 6.03. The van der Waals surface area contributed by atoms with Crippen molar-refractivity contribution in [3.63, 3.8) is 0 Å². The number of ketones is 1. The molecule has 0 radical (unpaired) electrons. The van der Waals surface area contributed by atoms with E-state index in [-0.39, 0.29) is 11.4 Å². The molecule has 0 spiro atoms. The van der Waals surface area contributed by atoms with Gasteiger partial charge in [-0.15, -0.1) is 0 Å². The summed E-state index contributed by atoms with van der Waals surface area (Å²) in [6.07, 6.45) is 8.18. The largest absolute Gasteiger partial charge is 0.478 e. The van der Waals surface area contributed by atoms with E-state index in [1.165, 1.54) is 0 Å². The van der Waals surface area contributed by atoms with Gasteiger partial charge in [-0.1, -0.05) is 31.2 Å². The van der Waals surface area contributed by atoms with Gasteiger partial charge in [0.05, 0.1) is 0 Å². The number of Topliss-reactive ketones (excluding diaryl/α,β-unsaturated/α-hetero) is 1. The Kier molecular flexibility index (Phi) is 7.68. The van der Waals surface area contributed by atoms with E-state index in [1.54, 1.807) is 19.1 Å². The predicted octanol–water partition coefficient (Wildman–Crippen LogP) is 3.28. The Balaban J connectivity index is 5.36. The molecule has 0 aromatic carbocycles. The summed E-state index contributed by atoms with van der Waals surface area (Å²) in [7, 11) is 0. The fourth-order valence-corrected chi connectivity index (χ4v) is 1.43. The first-order valence-corrected chi connectivity index (χ1v) is 5.79. The number of allylic oxidation sites excluding steroid dienone is 5. The van der Waals surface area contributed by atoms with Gasteiger partial charge in [0, 0.05) is 17.6 Å². The van der Waals surface area contributed by atoms with Gasteiger partial charge in [-0.25, -0.2) is 4.79 Å². The number of carbonyl (C=O) groups is 2. The Bertz CT molecular complexity index is 360. The summed E-state index contributed by atoms with van der Waals surface area (Å²) >= 11 is 0. The van der Waals surface area contributed by atoms with Gasteiger partial charge in [0.15, 0.2) is 5.78 Å². The monoisotopic (exact) mass is 236 g/mol. The minimum atomic E-state index is -1.01. The zero-order chi connectivity index (χ0) is 13.3. The van der Waals surface area contributed by atoms with Crippen LogP contribution in [-0.2, 0) is 9.59 Å². The number of hydrogen-bond donors (Lipinski definition) is 1. The summed E-state index contributed by atoms with van der Waals surface area (Å²) in [5.41, 5.74) is 0.615. The average Bonchev–Trinajstić information content (AvgIpc) is 2.32. The molecule has 0 unspecified atom stereocenters. The molecule has 3 nitrogen and oxygen atoms in total. The van der Waals surface area contributed by atoms with Crippen molar-refractivity contribution in [3.8, 4) is 0 Å². The molecular formula is C14H20O3. The van der Waals surface area contributed by atoms with Gasteiger partial charge in [0.2, 0.25) is 0 Å². The molecule has 0 aliphatic heterocycles. The van der Waals surface area contributed by atoms with E-state index in [1.807, 2.05) is 26.0 Å². The van der Waals surface area contributed by atoms with E-state index in [4.69, 9.17) is 5.11 Å². The van der Waals surface area contributed by atoms with Crippen LogP contribution in [-0.4, -0.2) is 16.9 Å². The maximum atomic E-state index is 11.7. The molecule has 0 rings (SSSR count). The molecule has 0 aliphatic carbocycles. The van der Waals surface area contributed by atoms with Crippen molar-refractivity contribution in [2.45, 2.75) is 40.0 Å². The van der Waals surface area contributed by atoms with Gasteiger partial charge < -0.3 is 5.11 Å². The zero-order valence-corrected chi connectivity index (χ0v) is 10.7. The highest BCUT2D eigenvalue weighted by Crippen LogP contribution is 2.17. The van der Waals surface area contributed by atoms with Gasteiger partial charge in [-0.3, -0.25) is 4.79 Å². The summed E-state index contributed by atoms with van der Waals surface area (Å²) in [4.78, 5) is 22.9. The topological polar surface area (TPSA) is 54.4 Å². The number of rotatable bonds is 7. The lowest BCUT2D eigenvalue weighted by atomic mass is 9.96. The van der Waals surface area contributed by atoms with Crippen LogP contribution in [0.2, 0.25) is 0 Å². The Hall–Kier alpha value is -1.64. The highest BCUT2D eigenvalue weighted by atomic mass is 16.4. The minimum absolute atomic E-state index is 0.0926. The molecule has 0 bridgehead atoms.